The lowest BCUT2D eigenvalue weighted by molar-refractivity contribution is 0.938. The molecular formula is C6H12Br3N3. The fourth-order valence-electron chi connectivity index (χ4n) is 0.175. The van der Waals surface area contributed by atoms with Crippen molar-refractivity contribution in [2.24, 2.45) is 5.11 Å². The number of nitrogens with zero attached hydrogens (tertiary/aromatic N) is 3. The molecule has 0 saturated heterocycles. The van der Waals surface area contributed by atoms with Crippen molar-refractivity contribution in [3.05, 3.63) is 10.4 Å². The Balaban J connectivity index is 0. The van der Waals surface area contributed by atoms with Crippen molar-refractivity contribution in [1.82, 2.24) is 0 Å². The number of alkyl halides is 3. The summed E-state index contributed by atoms with van der Waals surface area (Å²) in [7, 11) is 0. The molecule has 0 aliphatic rings. The van der Waals surface area contributed by atoms with Gasteiger partial charge in [0.1, 0.15) is 0 Å². The fraction of sp³-hybridized carbons (Fsp3) is 1.00. The minimum atomic E-state index is 0.509. The van der Waals surface area contributed by atoms with E-state index in [1.165, 1.54) is 0 Å². The highest BCUT2D eigenvalue weighted by Gasteiger charge is 1.85. The van der Waals surface area contributed by atoms with Crippen molar-refractivity contribution in [3.8, 4) is 0 Å². The van der Waals surface area contributed by atoms with Crippen LogP contribution in [0.15, 0.2) is 5.11 Å². The number of rotatable bonds is 4. The molecule has 0 fully saturated rings. The summed E-state index contributed by atoms with van der Waals surface area (Å²) in [6.07, 6.45) is 2.06. The van der Waals surface area contributed by atoms with Gasteiger partial charge in [0.2, 0.25) is 0 Å². The Morgan fingerprint density at radius 2 is 2.00 bits per heavy atom. The molecule has 0 heterocycles. The Bertz CT molecular complexity index is 123. The lowest BCUT2D eigenvalue weighted by Gasteiger charge is -1.85. The first-order valence-corrected chi connectivity index (χ1v) is 6.49. The average Bonchev–Trinajstić information content (AvgIpc) is 2.07. The van der Waals surface area contributed by atoms with Gasteiger partial charge in [0.25, 0.3) is 0 Å². The molecule has 0 amide bonds. The van der Waals surface area contributed by atoms with E-state index in [1.54, 1.807) is 0 Å². The molecule has 3 nitrogen and oxygen atoms in total. The highest BCUT2D eigenvalue weighted by atomic mass is 79.9. The maximum atomic E-state index is 7.74. The largest absolute Gasteiger partial charge is 0.0940 e. The van der Waals surface area contributed by atoms with Crippen LogP contribution >= 0.6 is 47.8 Å². The second kappa shape index (κ2) is 14.3. The van der Waals surface area contributed by atoms with E-state index in [0.29, 0.717) is 10.3 Å². The van der Waals surface area contributed by atoms with Gasteiger partial charge in [0.05, 0.1) is 3.74 Å². The van der Waals surface area contributed by atoms with Crippen molar-refractivity contribution in [2.75, 3.05) is 11.9 Å². The molecule has 0 N–H and O–H groups in total. The first kappa shape index (κ1) is 15.2. The van der Waals surface area contributed by atoms with E-state index < -0.39 is 0 Å². The van der Waals surface area contributed by atoms with Crippen LogP contribution in [0.3, 0.4) is 0 Å². The summed E-state index contributed by atoms with van der Waals surface area (Å²) in [5.74, 6) is 0. The van der Waals surface area contributed by atoms with Crippen LogP contribution in [0.1, 0.15) is 19.8 Å². The van der Waals surface area contributed by atoms with Gasteiger partial charge in [-0.15, -0.1) is 0 Å². The molecule has 0 aliphatic carbocycles. The molecule has 0 spiro atoms. The molecule has 12 heavy (non-hydrogen) atoms. The van der Waals surface area contributed by atoms with E-state index in [4.69, 9.17) is 5.53 Å². The van der Waals surface area contributed by atoms with Crippen molar-refractivity contribution >= 4 is 47.8 Å². The first-order chi connectivity index (χ1) is 5.68. The van der Waals surface area contributed by atoms with E-state index in [1.807, 2.05) is 0 Å². The number of hydrogen-bond acceptors (Lipinski definition) is 1. The third kappa shape index (κ3) is 22.4. The summed E-state index contributed by atoms with van der Waals surface area (Å²) < 4.78 is 0.509. The summed E-state index contributed by atoms with van der Waals surface area (Å²) in [6.45, 7) is 2.70. The fourth-order valence-corrected chi connectivity index (χ4v) is 0.426. The third-order valence-corrected chi connectivity index (χ3v) is 2.62. The van der Waals surface area contributed by atoms with Crippen LogP contribution in [-0.2, 0) is 0 Å². The van der Waals surface area contributed by atoms with Crippen LogP contribution in [0.5, 0.6) is 0 Å². The Kier molecular flexibility index (Phi) is 18.1. The van der Waals surface area contributed by atoms with Gasteiger partial charge < -0.3 is 0 Å². The minimum Gasteiger partial charge on any atom is -0.0940 e. The van der Waals surface area contributed by atoms with Gasteiger partial charge in [-0.3, -0.25) is 0 Å². The van der Waals surface area contributed by atoms with Crippen molar-refractivity contribution < 1.29 is 0 Å². The third-order valence-electron chi connectivity index (χ3n) is 0.764. The Hall–Kier alpha value is 0.750. The lowest BCUT2D eigenvalue weighted by atomic mass is 10.5. The van der Waals surface area contributed by atoms with E-state index in [2.05, 4.69) is 64.7 Å². The molecular weight excluding hydrogens is 354 g/mol. The molecule has 0 rings (SSSR count). The van der Waals surface area contributed by atoms with Gasteiger partial charge in [0.15, 0.2) is 0 Å². The molecule has 0 atom stereocenters. The van der Waals surface area contributed by atoms with Gasteiger partial charge in [-0.2, -0.15) is 0 Å². The standard InChI is InChI=1S/C3H6Br2.C3H6BrN3/c1-2-3(4)5;4-2-1-3-6-7-5/h3H,2H2,1H3;1-3H2. The molecule has 0 aromatic heterocycles. The second-order valence-corrected chi connectivity index (χ2v) is 6.03. The molecule has 6 heteroatoms. The van der Waals surface area contributed by atoms with Crippen LogP contribution in [0.4, 0.5) is 0 Å². The molecule has 0 aromatic carbocycles. The Morgan fingerprint density at radius 3 is 2.25 bits per heavy atom. The molecule has 0 bridgehead atoms. The summed E-state index contributed by atoms with van der Waals surface area (Å²) >= 11 is 9.78. The van der Waals surface area contributed by atoms with E-state index in [-0.39, 0.29) is 0 Å². The summed E-state index contributed by atoms with van der Waals surface area (Å²) in [5, 5.41) is 4.22. The zero-order valence-electron chi connectivity index (χ0n) is 6.88. The molecule has 0 unspecified atom stereocenters. The van der Waals surface area contributed by atoms with Crippen molar-refractivity contribution in [1.29, 1.82) is 0 Å². The van der Waals surface area contributed by atoms with Crippen LogP contribution in [0, 0.1) is 0 Å². The van der Waals surface area contributed by atoms with E-state index in [0.717, 1.165) is 18.2 Å². The summed E-state index contributed by atoms with van der Waals surface area (Å²) in [5.41, 5.74) is 7.74. The maximum absolute atomic E-state index is 7.74. The van der Waals surface area contributed by atoms with Gasteiger partial charge in [-0.25, -0.2) is 0 Å². The highest BCUT2D eigenvalue weighted by Crippen LogP contribution is 2.10. The van der Waals surface area contributed by atoms with Crippen molar-refractivity contribution in [2.45, 2.75) is 23.5 Å². The monoisotopic (exact) mass is 363 g/mol. The highest BCUT2D eigenvalue weighted by molar-refractivity contribution is 9.24. The van der Waals surface area contributed by atoms with Crippen LogP contribution < -0.4 is 0 Å². The van der Waals surface area contributed by atoms with Gasteiger partial charge >= 0.3 is 0 Å². The van der Waals surface area contributed by atoms with Crippen LogP contribution in [-0.4, -0.2) is 15.6 Å². The first-order valence-electron chi connectivity index (χ1n) is 3.54. The van der Waals surface area contributed by atoms with Gasteiger partial charge in [-0.05, 0) is 18.4 Å². The van der Waals surface area contributed by atoms with Crippen LogP contribution in [0.25, 0.3) is 10.4 Å². The molecule has 0 aromatic rings. The zero-order chi connectivity index (χ0) is 9.82. The topological polar surface area (TPSA) is 48.8 Å². The van der Waals surface area contributed by atoms with Crippen molar-refractivity contribution in [3.63, 3.8) is 0 Å². The second-order valence-electron chi connectivity index (χ2n) is 1.80. The number of hydrogen-bond donors (Lipinski definition) is 0. The minimum absolute atomic E-state index is 0.509. The van der Waals surface area contributed by atoms with Gasteiger partial charge in [-0.1, -0.05) is 59.8 Å². The molecule has 72 valence electrons. The smallest absolute Gasteiger partial charge is 0.0695 e. The molecule has 0 radical (unpaired) electrons. The van der Waals surface area contributed by atoms with Gasteiger partial charge in [0, 0.05) is 16.8 Å². The Labute approximate surface area is 98.3 Å². The SMILES string of the molecule is CCC(Br)Br.[N-]=[N+]=NCCCBr. The molecule has 0 aliphatic heterocycles. The quantitative estimate of drug-likeness (QED) is 0.230. The zero-order valence-corrected chi connectivity index (χ0v) is 11.6. The predicted molar refractivity (Wildman–Crippen MR) is 64.4 cm³/mol. The van der Waals surface area contributed by atoms with Crippen LogP contribution in [0.2, 0.25) is 0 Å². The average molecular weight is 366 g/mol. The summed E-state index contributed by atoms with van der Waals surface area (Å²) in [4.78, 5) is 2.58. The Morgan fingerprint density at radius 1 is 1.50 bits per heavy atom. The van der Waals surface area contributed by atoms with E-state index in [9.17, 15) is 0 Å². The number of azide groups is 1. The predicted octanol–water partition coefficient (Wildman–Crippen LogP) is 4.59. The lowest BCUT2D eigenvalue weighted by Crippen LogP contribution is -1.76. The number of halogens is 3. The molecule has 0 saturated carbocycles. The normalized spacial score (nSPS) is 8.42. The van der Waals surface area contributed by atoms with E-state index >= 15 is 0 Å². The summed E-state index contributed by atoms with van der Waals surface area (Å²) in [6, 6.07) is 0. The maximum Gasteiger partial charge on any atom is 0.0695 e.